The van der Waals surface area contributed by atoms with Crippen LogP contribution in [-0.4, -0.2) is 24.5 Å². The van der Waals surface area contributed by atoms with Gasteiger partial charge < -0.3 is 14.8 Å². The van der Waals surface area contributed by atoms with Crippen molar-refractivity contribution >= 4 is 34.2 Å². The van der Waals surface area contributed by atoms with Crippen LogP contribution in [0.15, 0.2) is 53.9 Å². The van der Waals surface area contributed by atoms with Gasteiger partial charge >= 0.3 is 11.9 Å². The van der Waals surface area contributed by atoms with Gasteiger partial charge in [0.15, 0.2) is 0 Å². The largest absolute Gasteiger partial charge is 0.462 e. The Balaban J connectivity index is 1.98. The maximum absolute atomic E-state index is 12.9. The highest BCUT2D eigenvalue weighted by Crippen LogP contribution is 2.37. The van der Waals surface area contributed by atoms with Crippen molar-refractivity contribution < 1.29 is 23.9 Å². The molecule has 1 amide bonds. The molecule has 7 heteroatoms. The summed E-state index contributed by atoms with van der Waals surface area (Å²) < 4.78 is 10.3. The smallest absolute Gasteiger partial charge is 0.341 e. The first-order chi connectivity index (χ1) is 14.4. The SMILES string of the molecule is CCOC(=O)c1c(-c2ccc(C)cc2)csc1NC(=O)c1ccccc1OC(C)=O. The molecule has 0 aliphatic carbocycles. The van der Waals surface area contributed by atoms with E-state index in [0.717, 1.165) is 11.1 Å². The summed E-state index contributed by atoms with van der Waals surface area (Å²) in [5.74, 6) is -1.39. The normalized spacial score (nSPS) is 10.4. The number of nitrogens with one attached hydrogen (secondary N) is 1. The van der Waals surface area contributed by atoms with E-state index in [1.807, 2.05) is 36.6 Å². The van der Waals surface area contributed by atoms with Crippen molar-refractivity contribution in [2.75, 3.05) is 11.9 Å². The second-order valence-electron chi connectivity index (χ2n) is 6.48. The van der Waals surface area contributed by atoms with Crippen LogP contribution in [0.25, 0.3) is 11.1 Å². The van der Waals surface area contributed by atoms with Crippen LogP contribution in [0.2, 0.25) is 0 Å². The second-order valence-corrected chi connectivity index (χ2v) is 7.36. The predicted octanol–water partition coefficient (Wildman–Crippen LogP) is 5.08. The highest BCUT2D eigenvalue weighted by molar-refractivity contribution is 7.15. The number of amides is 1. The molecule has 1 aromatic heterocycles. The molecule has 0 saturated carbocycles. The summed E-state index contributed by atoms with van der Waals surface area (Å²) in [6.45, 7) is 5.19. The molecule has 0 fully saturated rings. The van der Waals surface area contributed by atoms with Crippen LogP contribution in [-0.2, 0) is 9.53 Å². The zero-order valence-corrected chi connectivity index (χ0v) is 17.7. The number of esters is 2. The Morgan fingerprint density at radius 3 is 2.40 bits per heavy atom. The lowest BCUT2D eigenvalue weighted by atomic mass is 10.0. The van der Waals surface area contributed by atoms with Crippen LogP contribution in [0, 0.1) is 6.92 Å². The van der Waals surface area contributed by atoms with Crippen LogP contribution >= 0.6 is 11.3 Å². The van der Waals surface area contributed by atoms with Gasteiger partial charge in [-0.1, -0.05) is 42.0 Å². The van der Waals surface area contributed by atoms with Gasteiger partial charge in [-0.2, -0.15) is 0 Å². The molecule has 0 radical (unpaired) electrons. The molecule has 2 aromatic carbocycles. The molecule has 3 rings (SSSR count). The zero-order chi connectivity index (χ0) is 21.7. The van der Waals surface area contributed by atoms with E-state index < -0.39 is 17.8 Å². The molecular weight excluding hydrogens is 402 g/mol. The Labute approximate surface area is 178 Å². The van der Waals surface area contributed by atoms with E-state index in [1.54, 1.807) is 25.1 Å². The number of thiophene rings is 1. The topological polar surface area (TPSA) is 81.7 Å². The molecule has 1 N–H and O–H groups in total. The first-order valence-electron chi connectivity index (χ1n) is 9.35. The number of aryl methyl sites for hydroxylation is 1. The fourth-order valence-corrected chi connectivity index (χ4v) is 3.82. The van der Waals surface area contributed by atoms with E-state index in [9.17, 15) is 14.4 Å². The number of hydrogen-bond acceptors (Lipinski definition) is 6. The van der Waals surface area contributed by atoms with Crippen LogP contribution in [0.4, 0.5) is 5.00 Å². The van der Waals surface area contributed by atoms with Crippen molar-refractivity contribution in [2.45, 2.75) is 20.8 Å². The van der Waals surface area contributed by atoms with Gasteiger partial charge in [0.25, 0.3) is 5.91 Å². The third-order valence-corrected chi connectivity index (χ3v) is 5.14. The van der Waals surface area contributed by atoms with Gasteiger partial charge in [-0.3, -0.25) is 9.59 Å². The first kappa shape index (κ1) is 21.3. The Kier molecular flexibility index (Phi) is 6.64. The fraction of sp³-hybridized carbons (Fsp3) is 0.174. The molecule has 0 spiro atoms. The molecule has 6 nitrogen and oxygen atoms in total. The van der Waals surface area contributed by atoms with Crippen LogP contribution in [0.5, 0.6) is 5.75 Å². The lowest BCUT2D eigenvalue weighted by Crippen LogP contribution is -2.16. The van der Waals surface area contributed by atoms with Crippen molar-refractivity contribution in [3.8, 4) is 16.9 Å². The summed E-state index contributed by atoms with van der Waals surface area (Å²) in [5.41, 5.74) is 3.11. The van der Waals surface area contributed by atoms with Crippen molar-refractivity contribution in [2.24, 2.45) is 0 Å². The van der Waals surface area contributed by atoms with Gasteiger partial charge in [0.2, 0.25) is 0 Å². The van der Waals surface area contributed by atoms with Gasteiger partial charge in [-0.15, -0.1) is 11.3 Å². The monoisotopic (exact) mass is 423 g/mol. The van der Waals surface area contributed by atoms with Crippen molar-refractivity contribution in [3.63, 3.8) is 0 Å². The van der Waals surface area contributed by atoms with Gasteiger partial charge in [0.1, 0.15) is 16.3 Å². The minimum absolute atomic E-state index is 0.149. The number of para-hydroxylation sites is 1. The van der Waals surface area contributed by atoms with E-state index in [2.05, 4.69) is 5.32 Å². The summed E-state index contributed by atoms with van der Waals surface area (Å²) in [5, 5.41) is 4.95. The summed E-state index contributed by atoms with van der Waals surface area (Å²) in [4.78, 5) is 36.9. The third-order valence-electron chi connectivity index (χ3n) is 4.25. The quantitative estimate of drug-likeness (QED) is 0.442. The lowest BCUT2D eigenvalue weighted by molar-refractivity contribution is -0.131. The van der Waals surface area contributed by atoms with Gasteiger partial charge in [0, 0.05) is 17.9 Å². The molecule has 0 bridgehead atoms. The average Bonchev–Trinajstić information content (AvgIpc) is 3.12. The lowest BCUT2D eigenvalue weighted by Gasteiger charge is -2.11. The second kappa shape index (κ2) is 9.37. The van der Waals surface area contributed by atoms with Crippen LogP contribution < -0.4 is 10.1 Å². The molecule has 3 aromatic rings. The van der Waals surface area contributed by atoms with E-state index in [-0.39, 0.29) is 17.9 Å². The minimum atomic E-state index is -0.528. The number of anilines is 1. The summed E-state index contributed by atoms with van der Waals surface area (Å²) in [6.07, 6.45) is 0. The molecular formula is C23H21NO5S. The number of ether oxygens (including phenoxy) is 2. The molecule has 0 aliphatic heterocycles. The summed E-state index contributed by atoms with van der Waals surface area (Å²) in [6, 6.07) is 14.2. The molecule has 154 valence electrons. The minimum Gasteiger partial charge on any atom is -0.462 e. The standard InChI is InChI=1S/C23H21NO5S/c1-4-28-23(27)20-18(16-11-9-14(2)10-12-16)13-30-22(20)24-21(26)17-7-5-6-8-19(17)29-15(3)25/h5-13H,4H2,1-3H3,(H,24,26). The molecule has 0 unspecified atom stereocenters. The number of carbonyl (C=O) groups is 3. The predicted molar refractivity (Wildman–Crippen MR) is 116 cm³/mol. The van der Waals surface area contributed by atoms with Crippen LogP contribution in [0.1, 0.15) is 40.1 Å². The van der Waals surface area contributed by atoms with Gasteiger partial charge in [0.05, 0.1) is 12.2 Å². The Hall–Kier alpha value is -3.45. The maximum atomic E-state index is 12.9. The molecule has 0 aliphatic rings. The van der Waals surface area contributed by atoms with Gasteiger partial charge in [-0.25, -0.2) is 4.79 Å². The average molecular weight is 423 g/mol. The van der Waals surface area contributed by atoms with E-state index in [1.165, 1.54) is 24.3 Å². The Morgan fingerprint density at radius 2 is 1.73 bits per heavy atom. The molecule has 30 heavy (non-hydrogen) atoms. The zero-order valence-electron chi connectivity index (χ0n) is 16.9. The first-order valence-corrected chi connectivity index (χ1v) is 10.2. The van der Waals surface area contributed by atoms with Crippen molar-refractivity contribution in [1.29, 1.82) is 0 Å². The van der Waals surface area contributed by atoms with Crippen molar-refractivity contribution in [3.05, 3.63) is 70.6 Å². The number of rotatable bonds is 6. The Morgan fingerprint density at radius 1 is 1.03 bits per heavy atom. The van der Waals surface area contributed by atoms with Gasteiger partial charge in [-0.05, 0) is 31.5 Å². The summed E-state index contributed by atoms with van der Waals surface area (Å²) in [7, 11) is 0. The fourth-order valence-electron chi connectivity index (χ4n) is 2.87. The van der Waals surface area contributed by atoms with Crippen LogP contribution in [0.3, 0.4) is 0 Å². The van der Waals surface area contributed by atoms with Crippen molar-refractivity contribution in [1.82, 2.24) is 0 Å². The van der Waals surface area contributed by atoms with E-state index in [0.29, 0.717) is 16.1 Å². The number of hydrogen-bond donors (Lipinski definition) is 1. The molecule has 0 atom stereocenters. The summed E-state index contributed by atoms with van der Waals surface area (Å²) >= 11 is 1.23. The molecule has 1 heterocycles. The maximum Gasteiger partial charge on any atom is 0.341 e. The Bertz CT molecular complexity index is 1090. The highest BCUT2D eigenvalue weighted by atomic mass is 32.1. The highest BCUT2D eigenvalue weighted by Gasteiger charge is 2.24. The molecule has 0 saturated heterocycles. The van der Waals surface area contributed by atoms with E-state index in [4.69, 9.17) is 9.47 Å². The number of benzene rings is 2. The third kappa shape index (κ3) is 4.75. The van der Waals surface area contributed by atoms with E-state index >= 15 is 0 Å². The number of carbonyl (C=O) groups excluding carboxylic acids is 3.